The lowest BCUT2D eigenvalue weighted by Crippen LogP contribution is -2.00. The van der Waals surface area contributed by atoms with Gasteiger partial charge in [0.25, 0.3) is 0 Å². The second kappa shape index (κ2) is 7.48. The molecule has 0 N–H and O–H groups in total. The Morgan fingerprint density at radius 2 is 2.00 bits per heavy atom. The van der Waals surface area contributed by atoms with Gasteiger partial charge in [-0.25, -0.2) is 4.79 Å². The first-order chi connectivity index (χ1) is 10.6. The normalized spacial score (nSPS) is 10.5. The minimum absolute atomic E-state index is 0.362. The molecule has 0 radical (unpaired) electrons. The quantitative estimate of drug-likeness (QED) is 0.451. The van der Waals surface area contributed by atoms with Crippen molar-refractivity contribution in [1.82, 2.24) is 0 Å². The molecule has 0 fully saturated rings. The van der Waals surface area contributed by atoms with Gasteiger partial charge in [0, 0.05) is 0 Å². The van der Waals surface area contributed by atoms with Crippen LogP contribution in [0.25, 0.3) is 12.2 Å². The van der Waals surface area contributed by atoms with E-state index in [0.29, 0.717) is 16.3 Å². The van der Waals surface area contributed by atoms with E-state index in [1.165, 1.54) is 13.4 Å². The molecule has 0 aliphatic heterocycles. The van der Waals surface area contributed by atoms with Crippen molar-refractivity contribution < 1.29 is 14.3 Å². The molecule has 0 saturated heterocycles. The SMILES string of the molecule is C=COc1ccc(/C=C/c2cccc(C(=O)OC)c2)c(Cl)c1. The molecule has 4 heteroatoms. The van der Waals surface area contributed by atoms with Crippen molar-refractivity contribution in [1.29, 1.82) is 0 Å². The van der Waals surface area contributed by atoms with Crippen LogP contribution in [0.15, 0.2) is 55.3 Å². The second-order valence-electron chi connectivity index (χ2n) is 4.42. The third kappa shape index (κ3) is 3.99. The first-order valence-corrected chi connectivity index (χ1v) is 6.95. The van der Waals surface area contributed by atoms with Gasteiger partial charge in [0.1, 0.15) is 5.75 Å². The van der Waals surface area contributed by atoms with E-state index in [4.69, 9.17) is 21.1 Å². The van der Waals surface area contributed by atoms with Crippen molar-refractivity contribution >= 4 is 29.7 Å². The van der Waals surface area contributed by atoms with E-state index >= 15 is 0 Å². The molecule has 112 valence electrons. The maximum absolute atomic E-state index is 11.5. The number of methoxy groups -OCH3 is 1. The van der Waals surface area contributed by atoms with Crippen LogP contribution in [-0.2, 0) is 4.74 Å². The summed E-state index contributed by atoms with van der Waals surface area (Å²) in [4.78, 5) is 11.5. The smallest absolute Gasteiger partial charge is 0.337 e. The molecule has 0 unspecified atom stereocenters. The molecule has 2 aromatic rings. The summed E-state index contributed by atoms with van der Waals surface area (Å²) in [5.74, 6) is 0.268. The zero-order valence-electron chi connectivity index (χ0n) is 12.1. The van der Waals surface area contributed by atoms with Gasteiger partial charge in [0.2, 0.25) is 0 Å². The largest absolute Gasteiger partial charge is 0.466 e. The van der Waals surface area contributed by atoms with E-state index < -0.39 is 0 Å². The Hall–Kier alpha value is -2.52. The summed E-state index contributed by atoms with van der Waals surface area (Å²) in [5, 5.41) is 0.569. The fourth-order valence-corrected chi connectivity index (χ4v) is 2.12. The maximum atomic E-state index is 11.5. The average molecular weight is 315 g/mol. The predicted octanol–water partition coefficient (Wildman–Crippen LogP) is 4.82. The topological polar surface area (TPSA) is 35.5 Å². The summed E-state index contributed by atoms with van der Waals surface area (Å²) in [6.45, 7) is 3.50. The van der Waals surface area contributed by atoms with E-state index in [1.807, 2.05) is 24.3 Å². The van der Waals surface area contributed by atoms with Gasteiger partial charge >= 0.3 is 5.97 Å². The fraction of sp³-hybridized carbons (Fsp3) is 0.0556. The number of hydrogen-bond donors (Lipinski definition) is 0. The fourth-order valence-electron chi connectivity index (χ4n) is 1.89. The van der Waals surface area contributed by atoms with Gasteiger partial charge in [-0.3, -0.25) is 0 Å². The van der Waals surface area contributed by atoms with Crippen LogP contribution in [0.2, 0.25) is 5.02 Å². The zero-order valence-corrected chi connectivity index (χ0v) is 12.8. The molecule has 0 aliphatic rings. The van der Waals surface area contributed by atoms with Crippen LogP contribution < -0.4 is 4.74 Å². The van der Waals surface area contributed by atoms with Gasteiger partial charge in [0.15, 0.2) is 0 Å². The van der Waals surface area contributed by atoms with Crippen LogP contribution in [-0.4, -0.2) is 13.1 Å². The molecule has 0 bridgehead atoms. The standard InChI is InChI=1S/C18H15ClO3/c1-3-22-16-10-9-14(17(19)12-16)8-7-13-5-4-6-15(11-13)18(20)21-2/h3-12H,1H2,2H3/b8-7+. The number of ether oxygens (including phenoxy) is 2. The van der Waals surface area contributed by atoms with E-state index in [0.717, 1.165) is 11.1 Å². The van der Waals surface area contributed by atoms with Crippen LogP contribution >= 0.6 is 11.6 Å². The molecule has 0 amide bonds. The molecular formula is C18H15ClO3. The number of carbonyl (C=O) groups excluding carboxylic acids is 1. The monoisotopic (exact) mass is 314 g/mol. The minimum Gasteiger partial charge on any atom is -0.466 e. The Bertz CT molecular complexity index is 720. The number of esters is 1. The van der Waals surface area contributed by atoms with E-state index in [9.17, 15) is 4.79 Å². The zero-order chi connectivity index (χ0) is 15.9. The van der Waals surface area contributed by atoms with Gasteiger partial charge < -0.3 is 9.47 Å². The molecule has 22 heavy (non-hydrogen) atoms. The average Bonchev–Trinajstić information content (AvgIpc) is 2.54. The number of benzene rings is 2. The molecule has 0 atom stereocenters. The summed E-state index contributed by atoms with van der Waals surface area (Å²) >= 11 is 6.20. The lowest BCUT2D eigenvalue weighted by atomic mass is 10.1. The Morgan fingerprint density at radius 3 is 2.68 bits per heavy atom. The molecule has 0 saturated carbocycles. The van der Waals surface area contributed by atoms with Crippen molar-refractivity contribution in [3.63, 3.8) is 0 Å². The van der Waals surface area contributed by atoms with Gasteiger partial charge in [-0.05, 0) is 41.5 Å². The van der Waals surface area contributed by atoms with Gasteiger partial charge in [-0.1, -0.05) is 42.5 Å². The molecule has 0 aliphatic carbocycles. The maximum Gasteiger partial charge on any atom is 0.337 e. The highest BCUT2D eigenvalue weighted by atomic mass is 35.5. The van der Waals surface area contributed by atoms with Crippen molar-refractivity contribution in [2.75, 3.05) is 7.11 Å². The van der Waals surface area contributed by atoms with Crippen LogP contribution in [0.4, 0.5) is 0 Å². The number of carbonyl (C=O) groups is 1. The first-order valence-electron chi connectivity index (χ1n) is 6.57. The Kier molecular flexibility index (Phi) is 5.39. The molecule has 0 spiro atoms. The minimum atomic E-state index is -0.362. The third-order valence-corrected chi connectivity index (χ3v) is 3.28. The van der Waals surface area contributed by atoms with Gasteiger partial charge in [0.05, 0.1) is 24.0 Å². The summed E-state index contributed by atoms with van der Waals surface area (Å²) in [5.41, 5.74) is 2.23. The highest BCUT2D eigenvalue weighted by molar-refractivity contribution is 6.32. The Morgan fingerprint density at radius 1 is 1.18 bits per heavy atom. The number of halogens is 1. The highest BCUT2D eigenvalue weighted by Gasteiger charge is 2.04. The highest BCUT2D eigenvalue weighted by Crippen LogP contribution is 2.24. The van der Waals surface area contributed by atoms with Crippen molar-refractivity contribution in [3.05, 3.63) is 77.0 Å². The Balaban J connectivity index is 2.21. The number of rotatable bonds is 5. The Labute approximate surface area is 134 Å². The lowest BCUT2D eigenvalue weighted by molar-refractivity contribution is 0.0600. The molecule has 2 rings (SSSR count). The summed E-state index contributed by atoms with van der Waals surface area (Å²) < 4.78 is 9.87. The summed E-state index contributed by atoms with van der Waals surface area (Å²) in [7, 11) is 1.36. The summed E-state index contributed by atoms with van der Waals surface area (Å²) in [6.07, 6.45) is 5.09. The van der Waals surface area contributed by atoms with Crippen LogP contribution in [0.5, 0.6) is 5.75 Å². The lowest BCUT2D eigenvalue weighted by Gasteiger charge is -2.03. The van der Waals surface area contributed by atoms with Crippen LogP contribution in [0.3, 0.4) is 0 Å². The van der Waals surface area contributed by atoms with Gasteiger partial charge in [-0.2, -0.15) is 0 Å². The molecule has 0 heterocycles. The van der Waals surface area contributed by atoms with E-state index in [2.05, 4.69) is 6.58 Å². The van der Waals surface area contributed by atoms with Crippen LogP contribution in [0, 0.1) is 0 Å². The first kappa shape index (κ1) is 15.9. The predicted molar refractivity (Wildman–Crippen MR) is 89.0 cm³/mol. The van der Waals surface area contributed by atoms with Crippen LogP contribution in [0.1, 0.15) is 21.5 Å². The molecule has 3 nitrogen and oxygen atoms in total. The molecular weight excluding hydrogens is 300 g/mol. The van der Waals surface area contributed by atoms with Crippen molar-refractivity contribution in [2.45, 2.75) is 0 Å². The van der Waals surface area contributed by atoms with E-state index in [-0.39, 0.29) is 5.97 Å². The molecule has 0 aromatic heterocycles. The second-order valence-corrected chi connectivity index (χ2v) is 4.83. The summed E-state index contributed by atoms with van der Waals surface area (Å²) in [6, 6.07) is 12.5. The van der Waals surface area contributed by atoms with Crippen molar-refractivity contribution in [2.24, 2.45) is 0 Å². The number of hydrogen-bond acceptors (Lipinski definition) is 3. The third-order valence-electron chi connectivity index (χ3n) is 2.95. The van der Waals surface area contributed by atoms with Gasteiger partial charge in [-0.15, -0.1) is 0 Å². The van der Waals surface area contributed by atoms with Crippen molar-refractivity contribution in [3.8, 4) is 5.75 Å². The van der Waals surface area contributed by atoms with E-state index in [1.54, 1.807) is 30.3 Å². The molecule has 2 aromatic carbocycles.